The highest BCUT2D eigenvalue weighted by Gasteiger charge is 2.12. The summed E-state index contributed by atoms with van der Waals surface area (Å²) in [5.41, 5.74) is 1.55. The molecule has 0 amide bonds. The van der Waals surface area contributed by atoms with E-state index in [9.17, 15) is 0 Å². The first-order valence-corrected chi connectivity index (χ1v) is 8.56. The molecule has 0 aliphatic heterocycles. The average molecular weight is 407 g/mol. The van der Waals surface area contributed by atoms with E-state index in [1.165, 1.54) is 0 Å². The standard InChI is InChI=1S/C18H17BrClN3O/c1-3-23(18-7-4-14(9-21)10-22-18)11-15-8-16(19)5-6-17(15)24-12-13(2)20/h4-8,10H,2-3,11-12H2,1H3. The van der Waals surface area contributed by atoms with Gasteiger partial charge in [0, 0.05) is 34.4 Å². The van der Waals surface area contributed by atoms with Gasteiger partial charge in [0.05, 0.1) is 5.56 Å². The summed E-state index contributed by atoms with van der Waals surface area (Å²) in [6, 6.07) is 11.5. The summed E-state index contributed by atoms with van der Waals surface area (Å²) in [6.07, 6.45) is 1.58. The Bertz CT molecular complexity index is 756. The third-order valence-corrected chi connectivity index (χ3v) is 3.95. The summed E-state index contributed by atoms with van der Waals surface area (Å²) in [5.74, 6) is 1.57. The van der Waals surface area contributed by atoms with Crippen molar-refractivity contribution in [1.82, 2.24) is 4.98 Å². The number of nitrogens with zero attached hydrogens (tertiary/aromatic N) is 3. The number of nitriles is 1. The lowest BCUT2D eigenvalue weighted by molar-refractivity contribution is 0.355. The number of benzene rings is 1. The fraction of sp³-hybridized carbons (Fsp3) is 0.222. The molecular weight excluding hydrogens is 390 g/mol. The Hall–Kier alpha value is -2.03. The van der Waals surface area contributed by atoms with Crippen LogP contribution in [0.25, 0.3) is 0 Å². The molecule has 124 valence electrons. The third kappa shape index (κ3) is 4.98. The molecule has 0 aliphatic rings. The summed E-state index contributed by atoms with van der Waals surface area (Å²) in [6.45, 7) is 7.35. The predicted molar refractivity (Wildman–Crippen MR) is 100 cm³/mol. The lowest BCUT2D eigenvalue weighted by atomic mass is 10.2. The first kappa shape index (κ1) is 18.3. The molecule has 0 saturated carbocycles. The third-order valence-electron chi connectivity index (χ3n) is 3.35. The van der Waals surface area contributed by atoms with Crippen LogP contribution in [0, 0.1) is 11.3 Å². The van der Waals surface area contributed by atoms with Gasteiger partial charge in [-0.2, -0.15) is 5.26 Å². The Morgan fingerprint density at radius 2 is 2.21 bits per heavy atom. The second-order valence-corrected chi connectivity index (χ2v) is 6.54. The number of aromatic nitrogens is 1. The van der Waals surface area contributed by atoms with Gasteiger partial charge in [0.25, 0.3) is 0 Å². The van der Waals surface area contributed by atoms with Crippen molar-refractivity contribution in [2.75, 3.05) is 18.1 Å². The highest BCUT2D eigenvalue weighted by molar-refractivity contribution is 9.10. The minimum absolute atomic E-state index is 0.261. The molecule has 0 saturated heterocycles. The van der Waals surface area contributed by atoms with Gasteiger partial charge in [0.15, 0.2) is 0 Å². The molecule has 0 aliphatic carbocycles. The molecule has 0 radical (unpaired) electrons. The summed E-state index contributed by atoms with van der Waals surface area (Å²) in [4.78, 5) is 6.46. The highest BCUT2D eigenvalue weighted by Crippen LogP contribution is 2.26. The molecule has 1 aromatic carbocycles. The van der Waals surface area contributed by atoms with Crippen molar-refractivity contribution in [1.29, 1.82) is 5.26 Å². The van der Waals surface area contributed by atoms with E-state index in [0.29, 0.717) is 17.1 Å². The summed E-state index contributed by atoms with van der Waals surface area (Å²) >= 11 is 9.29. The summed E-state index contributed by atoms with van der Waals surface area (Å²) < 4.78 is 6.70. The highest BCUT2D eigenvalue weighted by atomic mass is 79.9. The fourth-order valence-corrected chi connectivity index (χ4v) is 2.63. The van der Waals surface area contributed by atoms with Crippen LogP contribution in [0.5, 0.6) is 5.75 Å². The molecule has 6 heteroatoms. The van der Waals surface area contributed by atoms with Gasteiger partial charge in [-0.3, -0.25) is 0 Å². The van der Waals surface area contributed by atoms with Crippen LogP contribution in [0.2, 0.25) is 0 Å². The minimum atomic E-state index is 0.261. The monoisotopic (exact) mass is 405 g/mol. The van der Waals surface area contributed by atoms with E-state index >= 15 is 0 Å². The Morgan fingerprint density at radius 3 is 2.79 bits per heavy atom. The second kappa shape index (κ2) is 8.72. The lowest BCUT2D eigenvalue weighted by Gasteiger charge is -2.23. The molecule has 0 unspecified atom stereocenters. The average Bonchev–Trinajstić information content (AvgIpc) is 2.59. The second-order valence-electron chi connectivity index (χ2n) is 5.09. The molecule has 0 spiro atoms. The van der Waals surface area contributed by atoms with E-state index in [4.69, 9.17) is 21.6 Å². The molecule has 1 aromatic heterocycles. The van der Waals surface area contributed by atoms with Crippen LogP contribution in [0.15, 0.2) is 52.6 Å². The Balaban J connectivity index is 2.24. The van der Waals surface area contributed by atoms with Crippen molar-refractivity contribution in [2.24, 2.45) is 0 Å². The topological polar surface area (TPSA) is 49.1 Å². The molecule has 0 atom stereocenters. The molecule has 0 bridgehead atoms. The zero-order chi connectivity index (χ0) is 17.5. The quantitative estimate of drug-likeness (QED) is 0.658. The van der Waals surface area contributed by atoms with Crippen LogP contribution in [-0.4, -0.2) is 18.1 Å². The van der Waals surface area contributed by atoms with Gasteiger partial charge < -0.3 is 9.64 Å². The molecule has 1 heterocycles. The van der Waals surface area contributed by atoms with Crippen molar-refractivity contribution in [3.63, 3.8) is 0 Å². The van der Waals surface area contributed by atoms with Crippen LogP contribution >= 0.6 is 27.5 Å². The van der Waals surface area contributed by atoms with Crippen molar-refractivity contribution in [3.05, 3.63) is 63.7 Å². The first-order valence-electron chi connectivity index (χ1n) is 7.39. The van der Waals surface area contributed by atoms with Gasteiger partial charge in [-0.25, -0.2) is 4.98 Å². The largest absolute Gasteiger partial charge is 0.488 e. The predicted octanol–water partition coefficient (Wildman–Crippen LogP) is 4.87. The van der Waals surface area contributed by atoms with Crippen molar-refractivity contribution >= 4 is 33.3 Å². The maximum Gasteiger partial charge on any atom is 0.128 e. The van der Waals surface area contributed by atoms with E-state index < -0.39 is 0 Å². The maximum absolute atomic E-state index is 8.89. The number of rotatable bonds is 7. The number of anilines is 1. The van der Waals surface area contributed by atoms with E-state index in [2.05, 4.69) is 45.4 Å². The smallest absolute Gasteiger partial charge is 0.128 e. The van der Waals surface area contributed by atoms with Crippen LogP contribution in [-0.2, 0) is 6.54 Å². The summed E-state index contributed by atoms with van der Waals surface area (Å²) in [5, 5.41) is 9.34. The fourth-order valence-electron chi connectivity index (χ4n) is 2.17. The maximum atomic E-state index is 8.89. The van der Waals surface area contributed by atoms with Crippen LogP contribution in [0.4, 0.5) is 5.82 Å². The SMILES string of the molecule is C=C(Cl)COc1ccc(Br)cc1CN(CC)c1ccc(C#N)cn1. The number of pyridine rings is 1. The first-order chi connectivity index (χ1) is 11.5. The normalized spacial score (nSPS) is 10.1. The molecule has 0 fully saturated rings. The van der Waals surface area contributed by atoms with Crippen LogP contribution in [0.1, 0.15) is 18.1 Å². The number of hydrogen-bond acceptors (Lipinski definition) is 4. The van der Waals surface area contributed by atoms with Crippen molar-refractivity contribution in [3.8, 4) is 11.8 Å². The zero-order valence-corrected chi connectivity index (χ0v) is 15.6. The van der Waals surface area contributed by atoms with E-state index in [0.717, 1.165) is 28.1 Å². The zero-order valence-electron chi connectivity index (χ0n) is 13.3. The molecular formula is C18H17BrClN3O. The van der Waals surface area contributed by atoms with Crippen LogP contribution in [0.3, 0.4) is 0 Å². The molecule has 4 nitrogen and oxygen atoms in total. The van der Waals surface area contributed by atoms with Gasteiger partial charge in [-0.1, -0.05) is 34.1 Å². The Morgan fingerprint density at radius 1 is 1.42 bits per heavy atom. The Kier molecular flexibility index (Phi) is 6.65. The van der Waals surface area contributed by atoms with E-state index in [1.807, 2.05) is 24.3 Å². The van der Waals surface area contributed by atoms with E-state index in [1.54, 1.807) is 12.3 Å². The van der Waals surface area contributed by atoms with Gasteiger partial charge in [0.2, 0.25) is 0 Å². The number of hydrogen-bond donors (Lipinski definition) is 0. The van der Waals surface area contributed by atoms with Gasteiger partial charge in [0.1, 0.15) is 24.2 Å². The van der Waals surface area contributed by atoms with Crippen molar-refractivity contribution in [2.45, 2.75) is 13.5 Å². The van der Waals surface area contributed by atoms with Crippen molar-refractivity contribution < 1.29 is 4.74 Å². The molecule has 2 aromatic rings. The number of ether oxygens (including phenoxy) is 1. The summed E-state index contributed by atoms with van der Waals surface area (Å²) in [7, 11) is 0. The van der Waals surface area contributed by atoms with Crippen LogP contribution < -0.4 is 9.64 Å². The minimum Gasteiger partial charge on any atom is -0.488 e. The lowest BCUT2D eigenvalue weighted by Crippen LogP contribution is -2.23. The molecule has 24 heavy (non-hydrogen) atoms. The van der Waals surface area contributed by atoms with Gasteiger partial charge >= 0.3 is 0 Å². The molecule has 2 rings (SSSR count). The Labute approximate surface area is 155 Å². The van der Waals surface area contributed by atoms with E-state index in [-0.39, 0.29) is 6.61 Å². The molecule has 0 N–H and O–H groups in total. The number of halogens is 2. The van der Waals surface area contributed by atoms with Gasteiger partial charge in [-0.05, 0) is 37.3 Å². The van der Waals surface area contributed by atoms with Gasteiger partial charge in [-0.15, -0.1) is 0 Å².